The predicted molar refractivity (Wildman–Crippen MR) is 78.8 cm³/mol. The molecule has 0 radical (unpaired) electrons. The highest BCUT2D eigenvalue weighted by molar-refractivity contribution is 7.98. The smallest absolute Gasteiger partial charge is 0.270 e. The van der Waals surface area contributed by atoms with Crippen molar-refractivity contribution in [2.75, 3.05) is 6.26 Å². The predicted octanol–water partition coefficient (Wildman–Crippen LogP) is 2.91. The first-order valence-corrected chi connectivity index (χ1v) is 7.64. The lowest BCUT2D eigenvalue weighted by atomic mass is 9.98. The highest BCUT2D eigenvalue weighted by Gasteiger charge is 2.27. The van der Waals surface area contributed by atoms with Gasteiger partial charge in [0.1, 0.15) is 11.6 Å². The van der Waals surface area contributed by atoms with Crippen LogP contribution < -0.4 is 5.56 Å². The zero-order valence-electron chi connectivity index (χ0n) is 11.0. The molecule has 4 nitrogen and oxygen atoms in total. The summed E-state index contributed by atoms with van der Waals surface area (Å²) in [7, 11) is 0. The molecule has 0 bridgehead atoms. The number of nitrogens with one attached hydrogen (secondary N) is 1. The molecule has 20 heavy (non-hydrogen) atoms. The van der Waals surface area contributed by atoms with Crippen molar-refractivity contribution in [2.45, 2.75) is 23.9 Å². The van der Waals surface area contributed by atoms with Crippen molar-refractivity contribution < 1.29 is 0 Å². The SMILES string of the molecule is CSc1nc(-c2ccccc2C2CC2)c(C#N)c(=O)[nH]1. The van der Waals surface area contributed by atoms with Gasteiger partial charge >= 0.3 is 0 Å². The highest BCUT2D eigenvalue weighted by Crippen LogP contribution is 2.44. The molecule has 1 aromatic heterocycles. The van der Waals surface area contributed by atoms with Crippen molar-refractivity contribution in [3.63, 3.8) is 0 Å². The normalized spacial score (nSPS) is 14.0. The van der Waals surface area contributed by atoms with Gasteiger partial charge in [0.2, 0.25) is 0 Å². The molecule has 0 amide bonds. The van der Waals surface area contributed by atoms with Crippen molar-refractivity contribution in [3.8, 4) is 17.3 Å². The molecule has 0 atom stereocenters. The molecule has 1 fully saturated rings. The molecule has 0 saturated heterocycles. The summed E-state index contributed by atoms with van der Waals surface area (Å²) in [6.45, 7) is 0. The molecular formula is C15H13N3OS. The summed E-state index contributed by atoms with van der Waals surface area (Å²) in [5, 5.41) is 9.79. The Kier molecular flexibility index (Phi) is 3.33. The van der Waals surface area contributed by atoms with Crippen LogP contribution in [0.1, 0.15) is 29.9 Å². The second-order valence-corrected chi connectivity index (χ2v) is 5.57. The fourth-order valence-corrected chi connectivity index (χ4v) is 2.69. The third kappa shape index (κ3) is 2.23. The number of hydrogen-bond acceptors (Lipinski definition) is 4. The van der Waals surface area contributed by atoms with Gasteiger partial charge in [0, 0.05) is 5.56 Å². The van der Waals surface area contributed by atoms with E-state index in [1.54, 1.807) is 0 Å². The summed E-state index contributed by atoms with van der Waals surface area (Å²) >= 11 is 1.36. The molecule has 1 N–H and O–H groups in total. The number of H-pyrrole nitrogens is 1. The summed E-state index contributed by atoms with van der Waals surface area (Å²) in [4.78, 5) is 19.1. The van der Waals surface area contributed by atoms with Crippen LogP contribution in [0.5, 0.6) is 0 Å². The van der Waals surface area contributed by atoms with Crippen LogP contribution in [0.25, 0.3) is 11.3 Å². The van der Waals surface area contributed by atoms with Crippen molar-refractivity contribution in [1.82, 2.24) is 9.97 Å². The Balaban J connectivity index is 2.26. The number of thioether (sulfide) groups is 1. The van der Waals surface area contributed by atoms with E-state index >= 15 is 0 Å². The maximum absolute atomic E-state index is 12.0. The number of aromatic nitrogens is 2. The minimum atomic E-state index is -0.368. The maximum atomic E-state index is 12.0. The van der Waals surface area contributed by atoms with Crippen LogP contribution in [0.15, 0.2) is 34.2 Å². The van der Waals surface area contributed by atoms with E-state index in [0.717, 1.165) is 18.4 Å². The Hall–Kier alpha value is -2.06. The van der Waals surface area contributed by atoms with Crippen LogP contribution in [0.4, 0.5) is 0 Å². The standard InChI is InChI=1S/C15H13N3OS/c1-20-15-17-13(12(8-16)14(19)18-15)11-5-3-2-4-10(11)9-6-7-9/h2-5,9H,6-7H2,1H3,(H,17,18,19). The van der Waals surface area contributed by atoms with E-state index in [9.17, 15) is 10.1 Å². The molecule has 0 spiro atoms. The summed E-state index contributed by atoms with van der Waals surface area (Å²) < 4.78 is 0. The molecule has 2 aromatic rings. The first-order valence-electron chi connectivity index (χ1n) is 6.42. The van der Waals surface area contributed by atoms with Crippen LogP contribution in [0, 0.1) is 11.3 Å². The lowest BCUT2D eigenvalue weighted by molar-refractivity contribution is 0.934. The molecule has 1 aliphatic carbocycles. The van der Waals surface area contributed by atoms with Gasteiger partial charge in [-0.05, 0) is 30.6 Å². The van der Waals surface area contributed by atoms with Gasteiger partial charge in [0.25, 0.3) is 5.56 Å². The maximum Gasteiger partial charge on any atom is 0.270 e. The van der Waals surface area contributed by atoms with E-state index < -0.39 is 0 Å². The molecule has 1 aromatic carbocycles. The second kappa shape index (κ2) is 5.14. The Morgan fingerprint density at radius 1 is 1.40 bits per heavy atom. The van der Waals surface area contributed by atoms with E-state index in [1.165, 1.54) is 17.3 Å². The summed E-state index contributed by atoms with van der Waals surface area (Å²) in [6, 6.07) is 9.91. The van der Waals surface area contributed by atoms with Crippen LogP contribution in [-0.4, -0.2) is 16.2 Å². The van der Waals surface area contributed by atoms with E-state index in [-0.39, 0.29) is 11.1 Å². The van der Waals surface area contributed by atoms with Crippen LogP contribution in [0.3, 0.4) is 0 Å². The number of hydrogen-bond donors (Lipinski definition) is 1. The third-order valence-electron chi connectivity index (χ3n) is 3.44. The van der Waals surface area contributed by atoms with Crippen molar-refractivity contribution in [2.24, 2.45) is 0 Å². The number of nitrogens with zero attached hydrogens (tertiary/aromatic N) is 2. The van der Waals surface area contributed by atoms with Gasteiger partial charge in [0.05, 0.1) is 5.69 Å². The van der Waals surface area contributed by atoms with Gasteiger partial charge < -0.3 is 4.98 Å². The molecule has 1 aliphatic rings. The van der Waals surface area contributed by atoms with E-state index in [1.807, 2.05) is 30.5 Å². The first-order chi connectivity index (χ1) is 9.74. The number of nitriles is 1. The fraction of sp³-hybridized carbons (Fsp3) is 0.267. The summed E-state index contributed by atoms with van der Waals surface area (Å²) in [5.41, 5.74) is 2.33. The summed E-state index contributed by atoms with van der Waals surface area (Å²) in [5.74, 6) is 0.538. The van der Waals surface area contributed by atoms with Crippen LogP contribution in [0.2, 0.25) is 0 Å². The Morgan fingerprint density at radius 2 is 2.15 bits per heavy atom. The van der Waals surface area contributed by atoms with Crippen molar-refractivity contribution >= 4 is 11.8 Å². The number of aromatic amines is 1. The minimum absolute atomic E-state index is 0.0934. The quantitative estimate of drug-likeness (QED) is 0.694. The van der Waals surface area contributed by atoms with Gasteiger partial charge in [-0.15, -0.1) is 0 Å². The second-order valence-electron chi connectivity index (χ2n) is 4.77. The van der Waals surface area contributed by atoms with Crippen molar-refractivity contribution in [1.29, 1.82) is 5.26 Å². The Bertz CT molecular complexity index is 756. The van der Waals surface area contributed by atoms with E-state index in [4.69, 9.17) is 0 Å². The molecule has 1 heterocycles. The first kappa shape index (κ1) is 12.9. The molecule has 100 valence electrons. The fourth-order valence-electron chi connectivity index (χ4n) is 2.31. The monoisotopic (exact) mass is 283 g/mol. The lowest BCUT2D eigenvalue weighted by Crippen LogP contribution is -2.15. The van der Waals surface area contributed by atoms with Gasteiger partial charge in [-0.3, -0.25) is 4.79 Å². The van der Waals surface area contributed by atoms with Gasteiger partial charge in [0.15, 0.2) is 5.16 Å². The zero-order chi connectivity index (χ0) is 14.1. The molecule has 5 heteroatoms. The van der Waals surface area contributed by atoms with Gasteiger partial charge in [-0.1, -0.05) is 36.0 Å². The zero-order valence-corrected chi connectivity index (χ0v) is 11.8. The average molecular weight is 283 g/mol. The lowest BCUT2D eigenvalue weighted by Gasteiger charge is -2.10. The van der Waals surface area contributed by atoms with Gasteiger partial charge in [-0.25, -0.2) is 4.98 Å². The Labute approximate surface area is 120 Å². The number of benzene rings is 1. The van der Waals surface area contributed by atoms with Gasteiger partial charge in [-0.2, -0.15) is 5.26 Å². The molecule has 1 saturated carbocycles. The highest BCUT2D eigenvalue weighted by atomic mass is 32.2. The number of rotatable bonds is 3. The molecule has 3 rings (SSSR count). The van der Waals surface area contributed by atoms with Crippen LogP contribution in [-0.2, 0) is 0 Å². The van der Waals surface area contributed by atoms with E-state index in [2.05, 4.69) is 16.0 Å². The largest absolute Gasteiger partial charge is 0.300 e. The van der Waals surface area contributed by atoms with Crippen LogP contribution >= 0.6 is 11.8 Å². The topological polar surface area (TPSA) is 69.5 Å². The average Bonchev–Trinajstić information content (AvgIpc) is 3.31. The molecular weight excluding hydrogens is 270 g/mol. The molecule has 0 unspecified atom stereocenters. The van der Waals surface area contributed by atoms with E-state index in [0.29, 0.717) is 16.8 Å². The summed E-state index contributed by atoms with van der Waals surface area (Å²) in [6.07, 6.45) is 4.18. The van der Waals surface area contributed by atoms with Crippen molar-refractivity contribution in [3.05, 3.63) is 45.7 Å². The Morgan fingerprint density at radius 3 is 2.80 bits per heavy atom. The minimum Gasteiger partial charge on any atom is -0.300 e. The third-order valence-corrected chi connectivity index (χ3v) is 4.02. The molecule has 0 aliphatic heterocycles.